The zero-order valence-corrected chi connectivity index (χ0v) is 28.4. The van der Waals surface area contributed by atoms with Crippen LogP contribution >= 0.6 is 11.3 Å². The largest absolute Gasteiger partial charge is 0.444 e. The zero-order chi connectivity index (χ0) is 32.5. The van der Waals surface area contributed by atoms with Crippen molar-refractivity contribution in [3.8, 4) is 11.3 Å². The standard InChI is InChI=1S/C35H48N4O6S/c1-22-30(26-9-10-27-25(19-26)11-14-39(27)31(41)24-7-8-24)38-32(46-22)37-29(40)18-23-6-5-12-35(20-23)21-28(35)44-17-16-43-15-13-36-33(42)45-34(2,3)4/h9-10,19,23-24,28H,5-8,11-18,20-21H2,1-4H3,(H,36,42)(H,37,38,40)/t23-,28?,35?/m0/s1. The second kappa shape index (κ2) is 13.6. The van der Waals surface area contributed by atoms with Crippen molar-refractivity contribution in [1.29, 1.82) is 0 Å². The molecule has 6 rings (SSSR count). The van der Waals surface area contributed by atoms with Crippen LogP contribution < -0.4 is 15.5 Å². The lowest BCUT2D eigenvalue weighted by Gasteiger charge is -2.29. The molecule has 3 atom stereocenters. The molecule has 3 aliphatic carbocycles. The molecule has 4 aliphatic rings. The van der Waals surface area contributed by atoms with Crippen LogP contribution in [0.2, 0.25) is 0 Å². The van der Waals surface area contributed by atoms with E-state index in [1.807, 2.05) is 32.6 Å². The van der Waals surface area contributed by atoms with E-state index < -0.39 is 11.7 Å². The molecule has 11 heteroatoms. The Morgan fingerprint density at radius 3 is 2.72 bits per heavy atom. The van der Waals surface area contributed by atoms with Crippen molar-refractivity contribution in [2.45, 2.75) is 97.2 Å². The summed E-state index contributed by atoms with van der Waals surface area (Å²) in [7, 11) is 0. The number of nitrogens with zero attached hydrogens (tertiary/aromatic N) is 2. The highest BCUT2D eigenvalue weighted by Gasteiger charge is 2.56. The van der Waals surface area contributed by atoms with E-state index in [0.717, 1.165) is 79.7 Å². The number of fused-ring (bicyclic) bond motifs is 1. The molecule has 250 valence electrons. The number of hydrogen-bond acceptors (Lipinski definition) is 8. The lowest BCUT2D eigenvalue weighted by Crippen LogP contribution is -2.34. The Kier molecular flexibility index (Phi) is 9.73. The van der Waals surface area contributed by atoms with Crippen molar-refractivity contribution >= 4 is 40.1 Å². The number of hydrogen-bond donors (Lipinski definition) is 2. The highest BCUT2D eigenvalue weighted by atomic mass is 32.1. The lowest BCUT2D eigenvalue weighted by molar-refractivity contribution is -0.119. The number of anilines is 2. The summed E-state index contributed by atoms with van der Waals surface area (Å²) in [5.41, 5.74) is 3.83. The van der Waals surface area contributed by atoms with E-state index in [4.69, 9.17) is 19.2 Å². The Morgan fingerprint density at radius 2 is 1.93 bits per heavy atom. The normalized spacial score (nSPS) is 23.7. The van der Waals surface area contributed by atoms with Gasteiger partial charge in [-0.1, -0.05) is 12.5 Å². The van der Waals surface area contributed by atoms with Crippen LogP contribution in [-0.4, -0.2) is 67.5 Å². The van der Waals surface area contributed by atoms with Crippen LogP contribution in [0.4, 0.5) is 15.6 Å². The Labute approximate surface area is 275 Å². The average Bonchev–Trinajstić information content (AvgIpc) is 3.86. The number of aromatic nitrogens is 1. The molecule has 1 aliphatic heterocycles. The fourth-order valence-electron chi connectivity index (χ4n) is 7.09. The van der Waals surface area contributed by atoms with Crippen LogP contribution in [0, 0.1) is 24.2 Å². The molecule has 2 heterocycles. The van der Waals surface area contributed by atoms with Crippen molar-refractivity contribution in [3.63, 3.8) is 0 Å². The third kappa shape index (κ3) is 8.09. The van der Waals surface area contributed by atoms with Crippen LogP contribution in [0.1, 0.15) is 82.6 Å². The molecule has 10 nitrogen and oxygen atoms in total. The smallest absolute Gasteiger partial charge is 0.407 e. The van der Waals surface area contributed by atoms with Gasteiger partial charge in [0.25, 0.3) is 0 Å². The van der Waals surface area contributed by atoms with Crippen LogP contribution in [-0.2, 0) is 30.2 Å². The van der Waals surface area contributed by atoms with Crippen molar-refractivity contribution in [2.24, 2.45) is 17.3 Å². The van der Waals surface area contributed by atoms with Gasteiger partial charge in [-0.15, -0.1) is 11.3 Å². The van der Waals surface area contributed by atoms with Crippen LogP contribution in [0.3, 0.4) is 0 Å². The van der Waals surface area contributed by atoms with E-state index in [1.54, 1.807) is 0 Å². The minimum Gasteiger partial charge on any atom is -0.444 e. The highest BCUT2D eigenvalue weighted by Crippen LogP contribution is 2.59. The maximum atomic E-state index is 13.1. The molecule has 0 bridgehead atoms. The molecule has 3 fully saturated rings. The number of alkyl carbamates (subject to hydrolysis) is 1. The van der Waals surface area contributed by atoms with Crippen molar-refractivity contribution in [1.82, 2.24) is 10.3 Å². The Morgan fingerprint density at radius 1 is 1.11 bits per heavy atom. The number of benzene rings is 1. The number of ether oxygens (including phenoxy) is 3. The highest BCUT2D eigenvalue weighted by molar-refractivity contribution is 7.16. The zero-order valence-electron chi connectivity index (χ0n) is 27.6. The Hall–Kier alpha value is -3.02. The SMILES string of the molecule is Cc1sc(NC(=O)C[C@@H]2CCCC3(CC3OCCOCCNC(=O)OC(C)(C)C)C2)nc1-c1ccc2c(c1)CCN2C(=O)C1CC1. The van der Waals surface area contributed by atoms with E-state index in [-0.39, 0.29) is 29.3 Å². The van der Waals surface area contributed by atoms with Gasteiger partial charge in [-0.25, -0.2) is 9.78 Å². The number of carbonyl (C=O) groups excluding carboxylic acids is 3. The summed E-state index contributed by atoms with van der Waals surface area (Å²) in [5.74, 6) is 0.852. The van der Waals surface area contributed by atoms with Crippen molar-refractivity contribution in [2.75, 3.05) is 43.1 Å². The summed E-state index contributed by atoms with van der Waals surface area (Å²) in [6.45, 7) is 10.1. The average molecular weight is 653 g/mol. The maximum absolute atomic E-state index is 13.1. The van der Waals surface area contributed by atoms with Crippen LogP contribution in [0.15, 0.2) is 18.2 Å². The van der Waals surface area contributed by atoms with Gasteiger partial charge < -0.3 is 29.7 Å². The number of amides is 3. The molecule has 2 aromatic rings. The van der Waals surface area contributed by atoms with Gasteiger partial charge in [0.1, 0.15) is 5.60 Å². The maximum Gasteiger partial charge on any atom is 0.407 e. The number of rotatable bonds is 12. The van der Waals surface area contributed by atoms with Crippen LogP contribution in [0.25, 0.3) is 11.3 Å². The molecule has 0 saturated heterocycles. The Bertz CT molecular complexity index is 1450. The van der Waals surface area contributed by atoms with Crippen LogP contribution in [0.5, 0.6) is 0 Å². The molecule has 2 N–H and O–H groups in total. The summed E-state index contributed by atoms with van der Waals surface area (Å²) >= 11 is 1.52. The summed E-state index contributed by atoms with van der Waals surface area (Å²) in [4.78, 5) is 45.3. The second-order valence-electron chi connectivity index (χ2n) is 14.5. The molecule has 0 radical (unpaired) electrons. The molecule has 46 heavy (non-hydrogen) atoms. The van der Waals surface area contributed by atoms with E-state index in [0.29, 0.717) is 43.8 Å². The summed E-state index contributed by atoms with van der Waals surface area (Å²) < 4.78 is 17.0. The monoisotopic (exact) mass is 652 g/mol. The fraction of sp³-hybridized carbons (Fsp3) is 0.657. The van der Waals surface area contributed by atoms with Gasteiger partial charge >= 0.3 is 6.09 Å². The van der Waals surface area contributed by atoms with E-state index in [9.17, 15) is 14.4 Å². The Balaban J connectivity index is 0.918. The molecular formula is C35H48N4O6S. The van der Waals surface area contributed by atoms with Gasteiger partial charge in [-0.05, 0) is 102 Å². The summed E-state index contributed by atoms with van der Waals surface area (Å²) in [6.07, 6.45) is 8.59. The van der Waals surface area contributed by atoms with Crippen molar-refractivity contribution in [3.05, 3.63) is 28.6 Å². The third-order valence-corrected chi connectivity index (χ3v) is 10.4. The predicted octanol–water partition coefficient (Wildman–Crippen LogP) is 6.25. The van der Waals surface area contributed by atoms with E-state index in [2.05, 4.69) is 28.8 Å². The second-order valence-corrected chi connectivity index (χ2v) is 15.7. The molecule has 1 spiro atoms. The molecular weight excluding hydrogens is 604 g/mol. The predicted molar refractivity (Wildman–Crippen MR) is 178 cm³/mol. The first-order valence-corrected chi connectivity index (χ1v) is 17.7. The minimum absolute atomic E-state index is 0.0250. The van der Waals surface area contributed by atoms with Gasteiger partial charge in [-0.3, -0.25) is 9.59 Å². The number of thiazole rings is 1. The lowest BCUT2D eigenvalue weighted by atomic mass is 9.77. The molecule has 3 saturated carbocycles. The molecule has 2 unspecified atom stereocenters. The molecule has 1 aromatic heterocycles. The van der Waals surface area contributed by atoms with Gasteiger partial charge in [-0.2, -0.15) is 0 Å². The van der Waals surface area contributed by atoms with Gasteiger partial charge in [0, 0.05) is 41.6 Å². The van der Waals surface area contributed by atoms with Gasteiger partial charge in [0.15, 0.2) is 5.13 Å². The summed E-state index contributed by atoms with van der Waals surface area (Å²) in [6, 6.07) is 6.27. The number of aryl methyl sites for hydroxylation is 1. The quantitative estimate of drug-likeness (QED) is 0.260. The van der Waals surface area contributed by atoms with Crippen molar-refractivity contribution < 1.29 is 28.6 Å². The fourth-order valence-corrected chi connectivity index (χ4v) is 7.94. The van der Waals surface area contributed by atoms with E-state index >= 15 is 0 Å². The van der Waals surface area contributed by atoms with Gasteiger partial charge in [0.05, 0.1) is 31.6 Å². The number of carbonyl (C=O) groups is 3. The number of nitrogens with one attached hydrogen (secondary N) is 2. The summed E-state index contributed by atoms with van der Waals surface area (Å²) in [5, 5.41) is 6.41. The van der Waals surface area contributed by atoms with E-state index in [1.165, 1.54) is 16.9 Å². The first kappa shape index (κ1) is 32.9. The minimum atomic E-state index is -0.516. The third-order valence-electron chi connectivity index (χ3n) is 9.52. The molecule has 3 amide bonds. The first-order valence-electron chi connectivity index (χ1n) is 16.9. The first-order chi connectivity index (χ1) is 22.0. The molecule has 1 aromatic carbocycles. The van der Waals surface area contributed by atoms with Gasteiger partial charge in [0.2, 0.25) is 11.8 Å². The topological polar surface area (TPSA) is 119 Å².